The van der Waals surface area contributed by atoms with Gasteiger partial charge < -0.3 is 10.6 Å². The number of carbonyl (C=O) groups is 1. The molecule has 0 saturated heterocycles. The maximum absolute atomic E-state index is 12.1. The normalized spacial score (nSPS) is 13.2. The number of nitrogens with one attached hydrogen (secondary N) is 2. The van der Waals surface area contributed by atoms with Gasteiger partial charge in [0, 0.05) is 51.9 Å². The molecule has 1 aliphatic carbocycles. The zero-order valence-corrected chi connectivity index (χ0v) is 16.6. The van der Waals surface area contributed by atoms with Crippen molar-refractivity contribution in [3.63, 3.8) is 0 Å². The molecule has 2 aromatic carbocycles. The van der Waals surface area contributed by atoms with Crippen molar-refractivity contribution in [2.24, 2.45) is 0 Å². The second kappa shape index (κ2) is 7.55. The van der Waals surface area contributed by atoms with E-state index in [0.29, 0.717) is 17.6 Å². The maximum Gasteiger partial charge on any atom is 0.251 e. The molecule has 2 N–H and O–H groups in total. The number of benzene rings is 2. The summed E-state index contributed by atoms with van der Waals surface area (Å²) in [5.74, 6) is 0.479. The van der Waals surface area contributed by atoms with Gasteiger partial charge in [-0.1, -0.05) is 24.3 Å². The molecular weight excluding hydrogens is 374 g/mol. The highest BCUT2D eigenvalue weighted by atomic mass is 16.1. The summed E-state index contributed by atoms with van der Waals surface area (Å²) in [6.07, 6.45) is 5.83. The van der Waals surface area contributed by atoms with E-state index < -0.39 is 0 Å². The summed E-state index contributed by atoms with van der Waals surface area (Å²) in [7, 11) is 0. The first-order valence-corrected chi connectivity index (χ1v) is 10.0. The fraction of sp³-hybridized carbons (Fsp3) is 0.167. The number of amides is 1. The topological polar surface area (TPSA) is 79.8 Å². The van der Waals surface area contributed by atoms with Crippen molar-refractivity contribution in [3.8, 4) is 11.1 Å². The van der Waals surface area contributed by atoms with Crippen molar-refractivity contribution in [2.75, 3.05) is 5.32 Å². The van der Waals surface area contributed by atoms with Gasteiger partial charge in [-0.2, -0.15) is 0 Å². The Morgan fingerprint density at radius 1 is 0.967 bits per heavy atom. The molecule has 1 amide bonds. The van der Waals surface area contributed by atoms with Crippen LogP contribution in [0.5, 0.6) is 0 Å². The predicted octanol–water partition coefficient (Wildman–Crippen LogP) is 4.64. The smallest absolute Gasteiger partial charge is 0.251 e. The first kappa shape index (κ1) is 18.2. The van der Waals surface area contributed by atoms with Gasteiger partial charge in [-0.3, -0.25) is 9.78 Å². The van der Waals surface area contributed by atoms with E-state index in [9.17, 15) is 4.79 Å². The molecule has 0 atom stereocenters. The fourth-order valence-electron chi connectivity index (χ4n) is 3.31. The van der Waals surface area contributed by atoms with Crippen LogP contribution < -0.4 is 10.6 Å². The van der Waals surface area contributed by atoms with E-state index in [1.807, 2.05) is 67.8 Å². The fourth-order valence-corrected chi connectivity index (χ4v) is 3.31. The number of rotatable bonds is 5. The van der Waals surface area contributed by atoms with Crippen molar-refractivity contribution in [2.45, 2.75) is 25.8 Å². The minimum Gasteiger partial charge on any atom is -0.349 e. The van der Waals surface area contributed by atoms with Crippen LogP contribution in [0.25, 0.3) is 22.0 Å². The zero-order chi connectivity index (χ0) is 20.5. The lowest BCUT2D eigenvalue weighted by molar-refractivity contribution is 0.0951. The monoisotopic (exact) mass is 395 g/mol. The van der Waals surface area contributed by atoms with Crippen molar-refractivity contribution in [1.29, 1.82) is 0 Å². The minimum absolute atomic E-state index is 0.0256. The molecule has 30 heavy (non-hydrogen) atoms. The van der Waals surface area contributed by atoms with Crippen LogP contribution in [-0.2, 0) is 0 Å². The Morgan fingerprint density at radius 3 is 2.53 bits per heavy atom. The van der Waals surface area contributed by atoms with E-state index in [4.69, 9.17) is 4.98 Å². The van der Waals surface area contributed by atoms with Gasteiger partial charge in [0.1, 0.15) is 0 Å². The highest BCUT2D eigenvalue weighted by Crippen LogP contribution is 2.28. The molecule has 148 valence electrons. The number of pyridine rings is 1. The number of aromatic nitrogens is 3. The molecule has 1 saturated carbocycles. The summed E-state index contributed by atoms with van der Waals surface area (Å²) in [6, 6.07) is 17.8. The van der Waals surface area contributed by atoms with Gasteiger partial charge in [0.05, 0.1) is 5.52 Å². The van der Waals surface area contributed by atoms with E-state index in [0.717, 1.165) is 46.3 Å². The molecule has 2 heterocycles. The lowest BCUT2D eigenvalue weighted by Gasteiger charge is -2.10. The molecule has 2 aromatic heterocycles. The summed E-state index contributed by atoms with van der Waals surface area (Å²) in [6.45, 7) is 1.97. The van der Waals surface area contributed by atoms with Crippen LogP contribution >= 0.6 is 0 Å². The molecule has 0 aliphatic heterocycles. The van der Waals surface area contributed by atoms with Crippen molar-refractivity contribution < 1.29 is 4.79 Å². The Hall–Kier alpha value is -3.80. The number of fused-ring (bicyclic) bond motifs is 1. The molecule has 6 nitrogen and oxygen atoms in total. The second-order valence-electron chi connectivity index (χ2n) is 7.58. The highest BCUT2D eigenvalue weighted by molar-refractivity contribution is 5.95. The molecule has 1 fully saturated rings. The van der Waals surface area contributed by atoms with Crippen LogP contribution in [0.2, 0.25) is 0 Å². The number of aryl methyl sites for hydroxylation is 1. The summed E-state index contributed by atoms with van der Waals surface area (Å²) < 4.78 is 0. The average molecular weight is 395 g/mol. The van der Waals surface area contributed by atoms with E-state index in [1.165, 1.54) is 0 Å². The Balaban J connectivity index is 1.41. The Labute approximate surface area is 174 Å². The van der Waals surface area contributed by atoms with Crippen LogP contribution in [0.1, 0.15) is 28.9 Å². The van der Waals surface area contributed by atoms with Gasteiger partial charge in [-0.25, -0.2) is 9.97 Å². The number of carbonyl (C=O) groups excluding carboxylic acids is 1. The number of hydrogen-bond donors (Lipinski definition) is 2. The number of nitrogens with zero attached hydrogens (tertiary/aromatic N) is 3. The molecule has 4 aromatic rings. The van der Waals surface area contributed by atoms with Crippen LogP contribution in [0.3, 0.4) is 0 Å². The largest absolute Gasteiger partial charge is 0.349 e. The first-order chi connectivity index (χ1) is 14.7. The van der Waals surface area contributed by atoms with Crippen LogP contribution in [-0.4, -0.2) is 26.9 Å². The highest BCUT2D eigenvalue weighted by Gasteiger charge is 2.23. The third-order valence-corrected chi connectivity index (χ3v) is 5.15. The molecule has 0 unspecified atom stereocenters. The van der Waals surface area contributed by atoms with Gasteiger partial charge in [0.25, 0.3) is 5.91 Å². The SMILES string of the molecule is Cc1ccc(-c2cccc3cnc(Nc4ccc(C(=O)NC5CC5)cc4)nc23)cn1. The minimum atomic E-state index is -0.0256. The summed E-state index contributed by atoms with van der Waals surface area (Å²) in [5, 5.41) is 7.19. The average Bonchev–Trinajstić information content (AvgIpc) is 3.58. The number of para-hydroxylation sites is 1. The lowest BCUT2D eigenvalue weighted by atomic mass is 10.0. The summed E-state index contributed by atoms with van der Waals surface area (Å²) in [4.78, 5) is 25.7. The Kier molecular flexibility index (Phi) is 4.59. The summed E-state index contributed by atoms with van der Waals surface area (Å²) >= 11 is 0. The first-order valence-electron chi connectivity index (χ1n) is 10.0. The van der Waals surface area contributed by atoms with Crippen molar-refractivity contribution in [3.05, 3.63) is 78.2 Å². The standard InChI is InChI=1S/C24H21N5O/c1-15-5-6-17(13-25-15)21-4-2-3-18-14-26-24(29-22(18)21)28-20-9-7-16(8-10-20)23(30)27-19-11-12-19/h2-10,13-14,19H,11-12H2,1H3,(H,27,30)(H,26,28,29). The molecule has 6 heteroatoms. The number of anilines is 2. The second-order valence-corrected chi connectivity index (χ2v) is 7.58. The van der Waals surface area contributed by atoms with E-state index >= 15 is 0 Å². The molecular formula is C24H21N5O. The van der Waals surface area contributed by atoms with Crippen LogP contribution in [0.15, 0.2) is 67.0 Å². The lowest BCUT2D eigenvalue weighted by Crippen LogP contribution is -2.25. The molecule has 0 radical (unpaired) electrons. The van der Waals surface area contributed by atoms with E-state index in [-0.39, 0.29) is 5.91 Å². The van der Waals surface area contributed by atoms with Gasteiger partial charge in [-0.15, -0.1) is 0 Å². The third-order valence-electron chi connectivity index (χ3n) is 5.15. The quantitative estimate of drug-likeness (QED) is 0.515. The molecule has 5 rings (SSSR count). The van der Waals surface area contributed by atoms with Crippen LogP contribution in [0, 0.1) is 6.92 Å². The van der Waals surface area contributed by atoms with E-state index in [2.05, 4.69) is 26.7 Å². The maximum atomic E-state index is 12.1. The van der Waals surface area contributed by atoms with Gasteiger partial charge >= 0.3 is 0 Å². The van der Waals surface area contributed by atoms with Gasteiger partial charge in [-0.05, 0) is 50.1 Å². The zero-order valence-electron chi connectivity index (χ0n) is 16.6. The van der Waals surface area contributed by atoms with Gasteiger partial charge in [0.2, 0.25) is 5.95 Å². The Bertz CT molecular complexity index is 1210. The van der Waals surface area contributed by atoms with Crippen molar-refractivity contribution >= 4 is 28.4 Å². The molecule has 0 spiro atoms. The van der Waals surface area contributed by atoms with Crippen LogP contribution in [0.4, 0.5) is 11.6 Å². The van der Waals surface area contributed by atoms with Crippen molar-refractivity contribution in [1.82, 2.24) is 20.3 Å². The number of hydrogen-bond acceptors (Lipinski definition) is 5. The van der Waals surface area contributed by atoms with Gasteiger partial charge in [0.15, 0.2) is 0 Å². The molecule has 1 aliphatic rings. The predicted molar refractivity (Wildman–Crippen MR) is 118 cm³/mol. The third kappa shape index (κ3) is 3.85. The summed E-state index contributed by atoms with van der Waals surface area (Å²) in [5.41, 5.74) is 5.35. The van der Waals surface area contributed by atoms with E-state index in [1.54, 1.807) is 0 Å². The Morgan fingerprint density at radius 2 is 1.80 bits per heavy atom. The molecule has 0 bridgehead atoms.